The second-order valence-electron chi connectivity index (χ2n) is 8.41. The quantitative estimate of drug-likeness (QED) is 0.263. The van der Waals surface area contributed by atoms with Crippen LogP contribution in [-0.2, 0) is 11.2 Å². The van der Waals surface area contributed by atoms with E-state index in [1.807, 2.05) is 107 Å². The summed E-state index contributed by atoms with van der Waals surface area (Å²) in [4.78, 5) is 11.9. The highest BCUT2D eigenvalue weighted by Gasteiger charge is 2.23. The van der Waals surface area contributed by atoms with Gasteiger partial charge >= 0.3 is 5.97 Å². The zero-order valence-corrected chi connectivity index (χ0v) is 22.6. The summed E-state index contributed by atoms with van der Waals surface area (Å²) in [6.45, 7) is 16.2. The molecular formula is C30H40FN3O2. The Bertz CT molecular complexity index is 1130. The van der Waals surface area contributed by atoms with Gasteiger partial charge in [0.1, 0.15) is 0 Å². The molecular weight excluding hydrogens is 453 g/mol. The van der Waals surface area contributed by atoms with Gasteiger partial charge in [0.15, 0.2) is 0 Å². The van der Waals surface area contributed by atoms with Crippen LogP contribution in [0.4, 0.5) is 4.48 Å². The molecule has 36 heavy (non-hydrogen) atoms. The van der Waals surface area contributed by atoms with Crippen LogP contribution in [0.3, 0.4) is 0 Å². The molecule has 0 radical (unpaired) electrons. The number of hydrogen-bond donors (Lipinski definition) is 1. The number of aryl methyl sites for hydroxylation is 2. The molecule has 3 aromatic rings. The second kappa shape index (κ2) is 15.5. The van der Waals surface area contributed by atoms with Crippen molar-refractivity contribution in [3.63, 3.8) is 0 Å². The number of carboxylic acid groups (broad SMARTS) is 1. The van der Waals surface area contributed by atoms with E-state index in [9.17, 15) is 14.4 Å². The number of nitrogens with zero attached hydrogens (tertiary/aromatic N) is 3. The van der Waals surface area contributed by atoms with Gasteiger partial charge in [0.25, 0.3) is 0 Å². The lowest BCUT2D eigenvalue weighted by molar-refractivity contribution is -0.138. The summed E-state index contributed by atoms with van der Waals surface area (Å²) in [7, 11) is 1.39. The monoisotopic (exact) mass is 493 g/mol. The van der Waals surface area contributed by atoms with Gasteiger partial charge in [-0.3, -0.25) is 4.79 Å². The van der Waals surface area contributed by atoms with Crippen molar-refractivity contribution in [3.8, 4) is 5.69 Å². The summed E-state index contributed by atoms with van der Waals surface area (Å²) >= 11 is 0. The van der Waals surface area contributed by atoms with Crippen molar-refractivity contribution in [2.75, 3.05) is 13.6 Å². The molecule has 0 saturated carbocycles. The van der Waals surface area contributed by atoms with Crippen LogP contribution in [0.2, 0.25) is 0 Å². The Balaban J connectivity index is 0.000000623. The first-order chi connectivity index (χ1) is 17.1. The van der Waals surface area contributed by atoms with Crippen molar-refractivity contribution in [1.29, 1.82) is 0 Å². The van der Waals surface area contributed by atoms with Crippen LogP contribution in [0.5, 0.6) is 0 Å². The van der Waals surface area contributed by atoms with Crippen LogP contribution in [0, 0.1) is 13.8 Å². The summed E-state index contributed by atoms with van der Waals surface area (Å²) < 4.78 is 13.5. The van der Waals surface area contributed by atoms with Gasteiger partial charge in [0, 0.05) is 20.0 Å². The topological polar surface area (TPSA) is 58.4 Å². The number of aromatic nitrogens is 2. The lowest BCUT2D eigenvalue weighted by atomic mass is 9.93. The highest BCUT2D eigenvalue weighted by atomic mass is 19.2. The molecule has 0 spiro atoms. The Labute approximate surface area is 215 Å². The van der Waals surface area contributed by atoms with Gasteiger partial charge < -0.3 is 5.11 Å². The zero-order chi connectivity index (χ0) is 27.3. The molecule has 0 aliphatic rings. The highest BCUT2D eigenvalue weighted by molar-refractivity contribution is 5.76. The normalized spacial score (nSPS) is 11.4. The fourth-order valence-corrected chi connectivity index (χ4v) is 3.41. The SMILES string of the molecule is C/C=C\CN(C)F.C=C(C)c1cc(CC(C(=O)O)c2cccc(C)c2)nn1-c1ccc(C)cc1.CC. The minimum absolute atomic E-state index is 0.331. The Hall–Kier alpha value is -3.51. The maximum atomic E-state index is 11.9. The number of rotatable bonds is 8. The van der Waals surface area contributed by atoms with Crippen LogP contribution >= 0.6 is 0 Å². The van der Waals surface area contributed by atoms with Crippen molar-refractivity contribution in [2.45, 2.75) is 53.9 Å². The first-order valence-corrected chi connectivity index (χ1v) is 12.2. The van der Waals surface area contributed by atoms with Gasteiger partial charge in [-0.15, -0.1) is 9.60 Å². The van der Waals surface area contributed by atoms with E-state index in [0.717, 1.165) is 33.8 Å². The van der Waals surface area contributed by atoms with Crippen LogP contribution < -0.4 is 0 Å². The number of halogens is 1. The summed E-state index contributed by atoms with van der Waals surface area (Å²) in [5.74, 6) is -1.48. The third-order valence-corrected chi connectivity index (χ3v) is 5.22. The van der Waals surface area contributed by atoms with E-state index in [1.165, 1.54) is 12.6 Å². The first-order valence-electron chi connectivity index (χ1n) is 12.2. The van der Waals surface area contributed by atoms with Gasteiger partial charge in [-0.05, 0) is 57.0 Å². The van der Waals surface area contributed by atoms with Crippen molar-refractivity contribution >= 4 is 11.5 Å². The predicted molar refractivity (Wildman–Crippen MR) is 148 cm³/mol. The lowest BCUT2D eigenvalue weighted by Crippen LogP contribution is -2.15. The fraction of sp³-hybridized carbons (Fsp3) is 0.333. The van der Waals surface area contributed by atoms with Crippen molar-refractivity contribution in [1.82, 2.24) is 14.9 Å². The molecule has 5 nitrogen and oxygen atoms in total. The van der Waals surface area contributed by atoms with Gasteiger partial charge in [-0.25, -0.2) is 4.68 Å². The molecule has 6 heteroatoms. The zero-order valence-electron chi connectivity index (χ0n) is 22.6. The summed E-state index contributed by atoms with van der Waals surface area (Å²) in [5, 5.41) is 15.1. The van der Waals surface area contributed by atoms with Gasteiger partial charge in [-0.2, -0.15) is 5.10 Å². The van der Waals surface area contributed by atoms with Crippen LogP contribution in [0.15, 0.2) is 73.3 Å². The number of likely N-dealkylation sites (N-methyl/N-ethyl adjacent to an activating group) is 1. The Morgan fingerprint density at radius 1 is 1.14 bits per heavy atom. The van der Waals surface area contributed by atoms with E-state index >= 15 is 0 Å². The standard InChI is InChI=1S/C23H24N2O2.C5H10FN.C2H6/c1-15(2)22-14-19(24-25(22)20-10-8-16(3)9-11-20)13-21(23(26)27)18-7-5-6-17(4)12-18;1-3-4-5-7(2)6;1-2/h5-12,14,21H,1,13H2,2-4H3,(H,26,27);3-4H,5H2,1-2H3;1-2H3/b;4-3-;. The molecule has 3 rings (SSSR count). The Morgan fingerprint density at radius 3 is 2.25 bits per heavy atom. The fourth-order valence-electron chi connectivity index (χ4n) is 3.41. The molecule has 0 aliphatic heterocycles. The van der Waals surface area contributed by atoms with E-state index in [0.29, 0.717) is 18.1 Å². The number of carbonyl (C=O) groups is 1. The summed E-state index contributed by atoms with van der Waals surface area (Å²) in [6, 6.07) is 17.7. The van der Waals surface area contributed by atoms with Crippen LogP contribution in [-0.4, -0.2) is 39.6 Å². The van der Waals surface area contributed by atoms with E-state index in [1.54, 1.807) is 6.08 Å². The number of aliphatic carboxylic acids is 1. The minimum atomic E-state index is -0.845. The maximum absolute atomic E-state index is 11.9. The van der Waals surface area contributed by atoms with E-state index in [2.05, 4.69) is 6.58 Å². The highest BCUT2D eigenvalue weighted by Crippen LogP contribution is 2.25. The molecule has 1 heterocycles. The third-order valence-electron chi connectivity index (χ3n) is 5.22. The third kappa shape index (κ3) is 9.62. The van der Waals surface area contributed by atoms with Gasteiger partial charge in [0.2, 0.25) is 0 Å². The number of benzene rings is 2. The average Bonchev–Trinajstić information content (AvgIpc) is 3.27. The number of carboxylic acids is 1. The molecule has 0 saturated heterocycles. The first kappa shape index (κ1) is 30.5. The Kier molecular flexibility index (Phi) is 13.1. The summed E-state index contributed by atoms with van der Waals surface area (Å²) in [6.07, 6.45) is 3.90. The molecule has 0 amide bonds. The largest absolute Gasteiger partial charge is 0.481 e. The van der Waals surface area contributed by atoms with Crippen molar-refractivity contribution in [2.24, 2.45) is 0 Å². The van der Waals surface area contributed by atoms with Crippen LogP contribution in [0.25, 0.3) is 11.3 Å². The molecule has 0 aliphatic carbocycles. The number of hydrogen-bond acceptors (Lipinski definition) is 3. The smallest absolute Gasteiger partial charge is 0.311 e. The molecule has 0 fully saturated rings. The molecule has 2 aromatic carbocycles. The Morgan fingerprint density at radius 2 is 1.78 bits per heavy atom. The average molecular weight is 494 g/mol. The van der Waals surface area contributed by atoms with Crippen molar-refractivity contribution < 1.29 is 14.4 Å². The van der Waals surface area contributed by atoms with E-state index in [-0.39, 0.29) is 0 Å². The van der Waals surface area contributed by atoms with E-state index < -0.39 is 11.9 Å². The number of allylic oxidation sites excluding steroid dienone is 2. The van der Waals surface area contributed by atoms with Crippen LogP contribution in [0.1, 0.15) is 61.7 Å². The molecule has 194 valence electrons. The second-order valence-corrected chi connectivity index (χ2v) is 8.41. The maximum Gasteiger partial charge on any atom is 0.311 e. The van der Waals surface area contributed by atoms with Gasteiger partial charge in [-0.1, -0.05) is 80.1 Å². The molecule has 1 unspecified atom stereocenters. The predicted octanol–water partition coefficient (Wildman–Crippen LogP) is 7.34. The molecule has 1 aromatic heterocycles. The minimum Gasteiger partial charge on any atom is -0.481 e. The van der Waals surface area contributed by atoms with Crippen molar-refractivity contribution in [3.05, 3.63) is 101 Å². The van der Waals surface area contributed by atoms with Gasteiger partial charge in [0.05, 0.1) is 23.0 Å². The lowest BCUT2D eigenvalue weighted by Gasteiger charge is -2.12. The molecule has 1 atom stereocenters. The molecule has 1 N–H and O–H groups in total. The summed E-state index contributed by atoms with van der Waals surface area (Å²) in [5.41, 5.74) is 6.47. The van der Waals surface area contributed by atoms with E-state index in [4.69, 9.17) is 5.10 Å². The molecule has 0 bridgehead atoms.